The van der Waals surface area contributed by atoms with Crippen molar-refractivity contribution < 1.29 is 9.21 Å². The lowest BCUT2D eigenvalue weighted by molar-refractivity contribution is 0.102. The van der Waals surface area contributed by atoms with E-state index in [1.807, 2.05) is 42.7 Å². The fourth-order valence-corrected chi connectivity index (χ4v) is 3.30. The third-order valence-corrected chi connectivity index (χ3v) is 4.66. The number of hydrogen-bond acceptors (Lipinski definition) is 4. The molecule has 0 saturated carbocycles. The molecule has 4 rings (SSSR count). The highest BCUT2D eigenvalue weighted by Crippen LogP contribution is 2.39. The molecule has 0 aliphatic rings. The molecule has 24 heavy (non-hydrogen) atoms. The Morgan fingerprint density at radius 1 is 1.08 bits per heavy atom. The summed E-state index contributed by atoms with van der Waals surface area (Å²) in [6.07, 6.45) is 5.22. The number of hydrogen-bond donors (Lipinski definition) is 1. The number of carbonyl (C=O) groups is 1. The normalized spacial score (nSPS) is 11.0. The number of amides is 1. The van der Waals surface area contributed by atoms with Crippen molar-refractivity contribution in [3.63, 3.8) is 0 Å². The zero-order valence-corrected chi connectivity index (χ0v) is 13.8. The maximum atomic E-state index is 12.5. The fraction of sp³-hybridized carbons (Fsp3) is 0.0526. The number of anilines is 1. The Hall–Kier alpha value is -2.79. The number of aromatic nitrogens is 1. The van der Waals surface area contributed by atoms with E-state index in [-0.39, 0.29) is 5.91 Å². The molecule has 0 fully saturated rings. The molecule has 1 N–H and O–H groups in total. The number of nitrogens with zero attached hydrogens (tertiary/aromatic N) is 1. The number of carbonyl (C=O) groups excluding carboxylic acids is 1. The first-order chi connectivity index (χ1) is 11.8. The van der Waals surface area contributed by atoms with Gasteiger partial charge in [0.1, 0.15) is 5.58 Å². The smallest absolute Gasteiger partial charge is 0.255 e. The average molecular weight is 334 g/mol. The van der Waals surface area contributed by atoms with Crippen LogP contribution in [-0.2, 0) is 0 Å². The van der Waals surface area contributed by atoms with Crippen molar-refractivity contribution in [2.24, 2.45) is 0 Å². The summed E-state index contributed by atoms with van der Waals surface area (Å²) >= 11 is 1.62. The van der Waals surface area contributed by atoms with Gasteiger partial charge in [0.05, 0.1) is 16.0 Å². The highest BCUT2D eigenvalue weighted by Gasteiger charge is 2.16. The van der Waals surface area contributed by atoms with Crippen molar-refractivity contribution in [2.45, 2.75) is 4.90 Å². The minimum absolute atomic E-state index is 0.166. The van der Waals surface area contributed by atoms with Gasteiger partial charge >= 0.3 is 0 Å². The number of thioether (sulfide) groups is 1. The summed E-state index contributed by atoms with van der Waals surface area (Å²) in [4.78, 5) is 17.5. The first-order valence-corrected chi connectivity index (χ1v) is 8.70. The van der Waals surface area contributed by atoms with Gasteiger partial charge < -0.3 is 9.73 Å². The molecule has 0 unspecified atom stereocenters. The minimum Gasteiger partial charge on any atom is -0.455 e. The van der Waals surface area contributed by atoms with E-state index in [1.54, 1.807) is 36.3 Å². The van der Waals surface area contributed by atoms with Crippen molar-refractivity contribution in [2.75, 3.05) is 11.6 Å². The lowest BCUT2D eigenvalue weighted by Gasteiger charge is -2.08. The molecular formula is C19H14N2O2S. The SMILES string of the molecule is CSc1ccc(NC(=O)c2ccncc2)c2c1oc1ccccc12. The summed E-state index contributed by atoms with van der Waals surface area (Å²) in [6, 6.07) is 15.1. The predicted molar refractivity (Wildman–Crippen MR) is 97.7 cm³/mol. The first-order valence-electron chi connectivity index (χ1n) is 7.47. The molecule has 0 aliphatic carbocycles. The zero-order chi connectivity index (χ0) is 16.5. The van der Waals surface area contributed by atoms with Crippen molar-refractivity contribution in [1.29, 1.82) is 0 Å². The third kappa shape index (κ3) is 2.43. The van der Waals surface area contributed by atoms with Crippen LogP contribution in [0.3, 0.4) is 0 Å². The summed E-state index contributed by atoms with van der Waals surface area (Å²) in [5.41, 5.74) is 2.93. The van der Waals surface area contributed by atoms with Gasteiger partial charge in [-0.05, 0) is 36.6 Å². The molecule has 4 nitrogen and oxygen atoms in total. The van der Waals surface area contributed by atoms with Gasteiger partial charge in [-0.2, -0.15) is 0 Å². The summed E-state index contributed by atoms with van der Waals surface area (Å²) in [7, 11) is 0. The van der Waals surface area contributed by atoms with E-state index in [9.17, 15) is 4.79 Å². The first kappa shape index (κ1) is 14.8. The lowest BCUT2D eigenvalue weighted by Crippen LogP contribution is -2.12. The minimum atomic E-state index is -0.166. The number of fused-ring (bicyclic) bond motifs is 3. The van der Waals surface area contributed by atoms with Gasteiger partial charge in [0, 0.05) is 23.3 Å². The van der Waals surface area contributed by atoms with Gasteiger partial charge in [0.2, 0.25) is 0 Å². The molecule has 0 spiro atoms. The molecule has 1 amide bonds. The lowest BCUT2D eigenvalue weighted by atomic mass is 10.1. The number of furan rings is 1. The largest absolute Gasteiger partial charge is 0.455 e. The second-order valence-corrected chi connectivity index (χ2v) is 6.16. The molecule has 0 atom stereocenters. The van der Waals surface area contributed by atoms with Crippen LogP contribution in [0.15, 0.2) is 70.2 Å². The Labute approximate surface area is 142 Å². The Bertz CT molecular complexity index is 1040. The van der Waals surface area contributed by atoms with E-state index in [1.165, 1.54) is 0 Å². The van der Waals surface area contributed by atoms with Gasteiger partial charge in [-0.25, -0.2) is 0 Å². The zero-order valence-electron chi connectivity index (χ0n) is 12.9. The predicted octanol–water partition coefficient (Wildman–Crippen LogP) is 4.96. The number of rotatable bonds is 3. The Morgan fingerprint density at radius 3 is 2.67 bits per heavy atom. The van der Waals surface area contributed by atoms with Crippen molar-refractivity contribution in [1.82, 2.24) is 4.98 Å². The molecule has 0 radical (unpaired) electrons. The molecule has 0 saturated heterocycles. The topological polar surface area (TPSA) is 55.1 Å². The summed E-state index contributed by atoms with van der Waals surface area (Å²) in [5.74, 6) is -0.166. The van der Waals surface area contributed by atoms with E-state index < -0.39 is 0 Å². The van der Waals surface area contributed by atoms with Crippen LogP contribution in [0.4, 0.5) is 5.69 Å². The molecular weight excluding hydrogens is 320 g/mol. The van der Waals surface area contributed by atoms with E-state index in [0.29, 0.717) is 5.56 Å². The number of pyridine rings is 1. The Balaban J connectivity index is 1.88. The van der Waals surface area contributed by atoms with Crippen LogP contribution in [-0.4, -0.2) is 17.1 Å². The van der Waals surface area contributed by atoms with Gasteiger partial charge in [0.15, 0.2) is 5.58 Å². The van der Waals surface area contributed by atoms with Gasteiger partial charge in [-0.15, -0.1) is 11.8 Å². The molecule has 0 bridgehead atoms. The highest BCUT2D eigenvalue weighted by molar-refractivity contribution is 7.98. The van der Waals surface area contributed by atoms with Gasteiger partial charge in [-0.3, -0.25) is 9.78 Å². The number of nitrogens with one attached hydrogen (secondary N) is 1. The molecule has 2 aromatic carbocycles. The van der Waals surface area contributed by atoms with Crippen molar-refractivity contribution >= 4 is 45.3 Å². The maximum Gasteiger partial charge on any atom is 0.255 e. The molecule has 5 heteroatoms. The molecule has 4 aromatic rings. The molecule has 2 heterocycles. The summed E-state index contributed by atoms with van der Waals surface area (Å²) < 4.78 is 6.02. The molecule has 0 aliphatic heterocycles. The third-order valence-electron chi connectivity index (χ3n) is 3.90. The second-order valence-electron chi connectivity index (χ2n) is 5.31. The summed E-state index contributed by atoms with van der Waals surface area (Å²) in [5, 5.41) is 4.92. The van der Waals surface area contributed by atoms with Gasteiger partial charge in [0.25, 0.3) is 5.91 Å². The van der Waals surface area contributed by atoms with E-state index >= 15 is 0 Å². The average Bonchev–Trinajstić information content (AvgIpc) is 3.02. The van der Waals surface area contributed by atoms with Crippen LogP contribution in [0.2, 0.25) is 0 Å². The molecule has 118 valence electrons. The second kappa shape index (κ2) is 6.02. The summed E-state index contributed by atoms with van der Waals surface area (Å²) in [6.45, 7) is 0. The van der Waals surface area contributed by atoms with Crippen LogP contribution in [0.5, 0.6) is 0 Å². The number of para-hydroxylation sites is 1. The van der Waals surface area contributed by atoms with E-state index in [2.05, 4.69) is 10.3 Å². The maximum absolute atomic E-state index is 12.5. The standard InChI is InChI=1S/C19H14N2O2S/c1-24-16-7-6-14(21-19(22)12-8-10-20-11-9-12)17-13-4-2-3-5-15(13)23-18(16)17/h2-11H,1H3,(H,21,22). The van der Waals surface area contributed by atoms with Crippen LogP contribution in [0.1, 0.15) is 10.4 Å². The fourth-order valence-electron chi connectivity index (χ4n) is 2.77. The van der Waals surface area contributed by atoms with E-state index in [4.69, 9.17) is 4.42 Å². The quantitative estimate of drug-likeness (QED) is 0.538. The van der Waals surface area contributed by atoms with Crippen molar-refractivity contribution in [3.8, 4) is 0 Å². The Kier molecular flexibility index (Phi) is 3.70. The van der Waals surface area contributed by atoms with E-state index in [0.717, 1.165) is 32.5 Å². The molecule has 2 aromatic heterocycles. The van der Waals surface area contributed by atoms with Crippen molar-refractivity contribution in [3.05, 3.63) is 66.5 Å². The van der Waals surface area contributed by atoms with Crippen LogP contribution >= 0.6 is 11.8 Å². The number of benzene rings is 2. The van der Waals surface area contributed by atoms with Gasteiger partial charge in [-0.1, -0.05) is 18.2 Å². The van der Waals surface area contributed by atoms with Crippen LogP contribution in [0.25, 0.3) is 21.9 Å². The highest BCUT2D eigenvalue weighted by atomic mass is 32.2. The monoisotopic (exact) mass is 334 g/mol. The van der Waals surface area contributed by atoms with Crippen LogP contribution < -0.4 is 5.32 Å². The van der Waals surface area contributed by atoms with Crippen LogP contribution in [0, 0.1) is 0 Å². The Morgan fingerprint density at radius 2 is 1.88 bits per heavy atom.